The molecule has 1 aliphatic rings. The van der Waals surface area contributed by atoms with Crippen molar-refractivity contribution in [1.29, 1.82) is 0 Å². The molecule has 0 bridgehead atoms. The van der Waals surface area contributed by atoms with Crippen molar-refractivity contribution in [2.24, 2.45) is 0 Å². The third-order valence-corrected chi connectivity index (χ3v) is 5.38. The summed E-state index contributed by atoms with van der Waals surface area (Å²) in [6.07, 6.45) is -0.348. The second kappa shape index (κ2) is 6.83. The van der Waals surface area contributed by atoms with Crippen LogP contribution >= 0.6 is 11.3 Å². The van der Waals surface area contributed by atoms with E-state index in [1.54, 1.807) is 30.6 Å². The first-order chi connectivity index (χ1) is 11.9. The summed E-state index contributed by atoms with van der Waals surface area (Å²) in [4.78, 5) is 48.1. The van der Waals surface area contributed by atoms with E-state index in [0.717, 1.165) is 0 Å². The van der Waals surface area contributed by atoms with Crippen molar-refractivity contribution < 1.29 is 14.3 Å². The first-order valence-corrected chi connectivity index (χ1v) is 8.95. The zero-order valence-electron chi connectivity index (χ0n) is 14.4. The van der Waals surface area contributed by atoms with Gasteiger partial charge in [-0.05, 0) is 26.3 Å². The summed E-state index contributed by atoms with van der Waals surface area (Å²) in [6, 6.07) is 0. The third kappa shape index (κ3) is 3.23. The highest BCUT2D eigenvalue weighted by molar-refractivity contribution is 7.20. The largest absolute Gasteiger partial charge is 0.450 e. The van der Waals surface area contributed by atoms with E-state index < -0.39 is 0 Å². The van der Waals surface area contributed by atoms with E-state index in [4.69, 9.17) is 4.74 Å². The number of hydrogen-bond donors (Lipinski definition) is 1. The van der Waals surface area contributed by atoms with Gasteiger partial charge in [-0.2, -0.15) is 0 Å². The minimum Gasteiger partial charge on any atom is -0.450 e. The minimum atomic E-state index is -0.348. The van der Waals surface area contributed by atoms with Crippen LogP contribution in [-0.2, 0) is 4.74 Å². The fourth-order valence-electron chi connectivity index (χ4n) is 2.91. The molecule has 1 saturated heterocycles. The molecule has 0 aromatic carbocycles. The topological polar surface area (TPSA) is 95.6 Å². The highest BCUT2D eigenvalue weighted by atomic mass is 32.1. The van der Waals surface area contributed by atoms with Crippen molar-refractivity contribution >= 4 is 33.6 Å². The smallest absolute Gasteiger partial charge is 0.409 e. The second-order valence-electron chi connectivity index (χ2n) is 5.87. The number of carbonyl (C=O) groups is 2. The van der Waals surface area contributed by atoms with Gasteiger partial charge in [-0.15, -0.1) is 11.3 Å². The predicted molar refractivity (Wildman–Crippen MR) is 94.2 cm³/mol. The van der Waals surface area contributed by atoms with E-state index in [1.165, 1.54) is 11.3 Å². The molecule has 2 amide bonds. The minimum absolute atomic E-state index is 0.124. The molecule has 3 heterocycles. The maximum absolute atomic E-state index is 12.9. The quantitative estimate of drug-likeness (QED) is 0.872. The Morgan fingerprint density at radius 2 is 1.84 bits per heavy atom. The highest BCUT2D eigenvalue weighted by Gasteiger charge is 2.28. The molecule has 1 aliphatic heterocycles. The zero-order valence-corrected chi connectivity index (χ0v) is 15.2. The number of carbonyl (C=O) groups excluding carboxylic acids is 2. The Labute approximate surface area is 148 Å². The van der Waals surface area contributed by atoms with Gasteiger partial charge in [0.15, 0.2) is 0 Å². The van der Waals surface area contributed by atoms with Crippen molar-refractivity contribution in [1.82, 2.24) is 19.8 Å². The molecule has 0 atom stereocenters. The lowest BCUT2D eigenvalue weighted by atomic mass is 10.2. The molecule has 2 aromatic heterocycles. The molecule has 134 valence electrons. The number of amides is 2. The SMILES string of the molecule is CCOC(=O)N1CCN(C(=O)c2sc3nc(C)[nH]c(=O)c3c2C)CC1. The van der Waals surface area contributed by atoms with Gasteiger partial charge < -0.3 is 19.5 Å². The summed E-state index contributed by atoms with van der Waals surface area (Å²) >= 11 is 1.24. The molecule has 8 nitrogen and oxygen atoms in total. The van der Waals surface area contributed by atoms with Gasteiger partial charge in [0.2, 0.25) is 0 Å². The third-order valence-electron chi connectivity index (χ3n) is 4.21. The molecular weight excluding hydrogens is 344 g/mol. The number of aromatic nitrogens is 2. The van der Waals surface area contributed by atoms with Crippen LogP contribution in [0, 0.1) is 13.8 Å². The van der Waals surface area contributed by atoms with Gasteiger partial charge in [0.1, 0.15) is 10.7 Å². The Kier molecular flexibility index (Phi) is 4.76. The number of piperazine rings is 1. The molecule has 2 aromatic rings. The molecule has 0 unspecified atom stereocenters. The van der Waals surface area contributed by atoms with Crippen molar-refractivity contribution in [3.8, 4) is 0 Å². The fourth-order valence-corrected chi connectivity index (χ4v) is 4.10. The molecule has 1 fully saturated rings. The predicted octanol–water partition coefficient (Wildman–Crippen LogP) is 1.52. The van der Waals surface area contributed by atoms with Gasteiger partial charge >= 0.3 is 6.09 Å². The van der Waals surface area contributed by atoms with Gasteiger partial charge in [-0.1, -0.05) is 0 Å². The van der Waals surface area contributed by atoms with Crippen molar-refractivity contribution in [3.63, 3.8) is 0 Å². The molecule has 3 rings (SSSR count). The maximum Gasteiger partial charge on any atom is 0.409 e. The molecule has 9 heteroatoms. The van der Waals surface area contributed by atoms with E-state index in [1.807, 2.05) is 0 Å². The van der Waals surface area contributed by atoms with Crippen LogP contribution < -0.4 is 5.56 Å². The van der Waals surface area contributed by atoms with E-state index in [2.05, 4.69) is 9.97 Å². The number of H-pyrrole nitrogens is 1. The van der Waals surface area contributed by atoms with Crippen LogP contribution in [0.1, 0.15) is 28.0 Å². The maximum atomic E-state index is 12.9. The molecule has 0 radical (unpaired) electrons. The number of nitrogens with one attached hydrogen (secondary N) is 1. The number of thiophene rings is 1. The summed E-state index contributed by atoms with van der Waals surface area (Å²) in [5.74, 6) is 0.405. The van der Waals surface area contributed by atoms with Crippen molar-refractivity contribution in [3.05, 3.63) is 26.6 Å². The summed E-state index contributed by atoms with van der Waals surface area (Å²) in [5, 5.41) is 0.476. The first kappa shape index (κ1) is 17.4. The van der Waals surface area contributed by atoms with Gasteiger partial charge in [0.25, 0.3) is 11.5 Å². The Morgan fingerprint density at radius 3 is 2.48 bits per heavy atom. The van der Waals surface area contributed by atoms with E-state index in [-0.39, 0.29) is 17.6 Å². The molecule has 25 heavy (non-hydrogen) atoms. The summed E-state index contributed by atoms with van der Waals surface area (Å²) in [6.45, 7) is 7.33. The standard InChI is InChI=1S/C16H20N4O4S/c1-4-24-16(23)20-7-5-19(6-8-20)15(22)12-9(2)11-13(21)17-10(3)18-14(11)25-12/h4-8H2,1-3H3,(H,17,18,21). The fraction of sp³-hybridized carbons (Fsp3) is 0.500. The van der Waals surface area contributed by atoms with Crippen molar-refractivity contribution in [2.45, 2.75) is 20.8 Å². The lowest BCUT2D eigenvalue weighted by Crippen LogP contribution is -2.50. The Balaban J connectivity index is 1.80. The summed E-state index contributed by atoms with van der Waals surface area (Å²) < 4.78 is 4.98. The number of ether oxygens (including phenoxy) is 1. The number of rotatable bonds is 2. The van der Waals surface area contributed by atoms with Crippen LogP contribution in [0.3, 0.4) is 0 Å². The lowest BCUT2D eigenvalue weighted by Gasteiger charge is -2.33. The Hall–Kier alpha value is -2.42. The van der Waals surface area contributed by atoms with Crippen LogP contribution in [-0.4, -0.2) is 64.6 Å². The first-order valence-electron chi connectivity index (χ1n) is 8.13. The monoisotopic (exact) mass is 364 g/mol. The molecule has 0 aliphatic carbocycles. The molecular formula is C16H20N4O4S. The van der Waals surface area contributed by atoms with Crippen LogP contribution in [0.15, 0.2) is 4.79 Å². The second-order valence-corrected chi connectivity index (χ2v) is 6.86. The number of fused-ring (bicyclic) bond motifs is 1. The highest BCUT2D eigenvalue weighted by Crippen LogP contribution is 2.28. The number of hydrogen-bond acceptors (Lipinski definition) is 6. The van der Waals surface area contributed by atoms with Crippen LogP contribution in [0.5, 0.6) is 0 Å². The average molecular weight is 364 g/mol. The summed E-state index contributed by atoms with van der Waals surface area (Å²) in [7, 11) is 0. The molecule has 0 saturated carbocycles. The van der Waals surface area contributed by atoms with Gasteiger partial charge in [-0.25, -0.2) is 9.78 Å². The van der Waals surface area contributed by atoms with Crippen LogP contribution in [0.2, 0.25) is 0 Å². The Bertz CT molecular complexity index is 880. The number of nitrogens with zero attached hydrogens (tertiary/aromatic N) is 3. The molecule has 0 spiro atoms. The average Bonchev–Trinajstić information content (AvgIpc) is 2.91. The van der Waals surface area contributed by atoms with Crippen molar-refractivity contribution in [2.75, 3.05) is 32.8 Å². The van der Waals surface area contributed by atoms with Crippen LogP contribution in [0.4, 0.5) is 4.79 Å². The molecule has 1 N–H and O–H groups in total. The number of aromatic amines is 1. The number of aryl methyl sites for hydroxylation is 2. The zero-order chi connectivity index (χ0) is 18.1. The normalized spacial score (nSPS) is 14.8. The van der Waals surface area contributed by atoms with Crippen LogP contribution in [0.25, 0.3) is 10.2 Å². The Morgan fingerprint density at radius 1 is 1.20 bits per heavy atom. The van der Waals surface area contributed by atoms with E-state index >= 15 is 0 Å². The van der Waals surface area contributed by atoms with Gasteiger partial charge in [0, 0.05) is 26.2 Å². The van der Waals surface area contributed by atoms with E-state index in [0.29, 0.717) is 59.3 Å². The van der Waals surface area contributed by atoms with Gasteiger partial charge in [-0.3, -0.25) is 9.59 Å². The van der Waals surface area contributed by atoms with Gasteiger partial charge in [0.05, 0.1) is 16.9 Å². The van der Waals surface area contributed by atoms with E-state index in [9.17, 15) is 14.4 Å². The lowest BCUT2D eigenvalue weighted by molar-refractivity contribution is 0.0574. The summed E-state index contributed by atoms with van der Waals surface area (Å²) in [5.41, 5.74) is 0.439.